The van der Waals surface area contributed by atoms with E-state index in [0.717, 1.165) is 12.5 Å². The molecule has 0 aromatic heterocycles. The van der Waals surface area contributed by atoms with Crippen LogP contribution in [-0.4, -0.2) is 25.3 Å². The Morgan fingerprint density at radius 2 is 2.07 bits per heavy atom. The number of methoxy groups -OCH3 is 1. The van der Waals surface area contributed by atoms with Gasteiger partial charge in [0.2, 0.25) is 0 Å². The van der Waals surface area contributed by atoms with Crippen molar-refractivity contribution in [3.05, 3.63) is 0 Å². The molecule has 0 heterocycles. The van der Waals surface area contributed by atoms with Gasteiger partial charge in [0.25, 0.3) is 0 Å². The highest BCUT2D eigenvalue weighted by Crippen LogP contribution is 2.33. The van der Waals surface area contributed by atoms with E-state index in [2.05, 4.69) is 26.1 Å². The number of nitrogens with one attached hydrogen (secondary N) is 1. The lowest BCUT2D eigenvalue weighted by atomic mass is 9.78. The van der Waals surface area contributed by atoms with E-state index in [1.807, 2.05) is 7.11 Å². The van der Waals surface area contributed by atoms with Gasteiger partial charge in [-0.25, -0.2) is 0 Å². The van der Waals surface area contributed by atoms with Crippen LogP contribution in [0.1, 0.15) is 46.5 Å². The van der Waals surface area contributed by atoms with Crippen molar-refractivity contribution in [1.82, 2.24) is 5.32 Å². The second-order valence-corrected chi connectivity index (χ2v) is 4.95. The van der Waals surface area contributed by atoms with Crippen LogP contribution in [0.4, 0.5) is 0 Å². The lowest BCUT2D eigenvalue weighted by Crippen LogP contribution is -2.49. The van der Waals surface area contributed by atoms with E-state index >= 15 is 0 Å². The molecule has 0 saturated heterocycles. The van der Waals surface area contributed by atoms with Gasteiger partial charge in [-0.3, -0.25) is 0 Å². The summed E-state index contributed by atoms with van der Waals surface area (Å²) in [5.41, 5.74) is -0.0361. The van der Waals surface area contributed by atoms with Crippen molar-refractivity contribution in [2.24, 2.45) is 5.92 Å². The van der Waals surface area contributed by atoms with Crippen LogP contribution in [0, 0.1) is 5.92 Å². The van der Waals surface area contributed by atoms with Crippen molar-refractivity contribution >= 4 is 0 Å². The summed E-state index contributed by atoms with van der Waals surface area (Å²) in [5, 5.41) is 3.55. The van der Waals surface area contributed by atoms with Crippen LogP contribution in [0.15, 0.2) is 0 Å². The maximum Gasteiger partial charge on any atom is 0.0775 e. The fourth-order valence-corrected chi connectivity index (χ4v) is 2.06. The molecule has 1 rings (SSSR count). The Morgan fingerprint density at radius 3 is 2.43 bits per heavy atom. The Hall–Kier alpha value is -0.0800. The molecule has 0 radical (unpaired) electrons. The number of hydrogen-bond donors (Lipinski definition) is 1. The zero-order valence-corrected chi connectivity index (χ0v) is 10.1. The van der Waals surface area contributed by atoms with Crippen molar-refractivity contribution in [3.63, 3.8) is 0 Å². The Kier molecular flexibility index (Phi) is 4.39. The van der Waals surface area contributed by atoms with Crippen LogP contribution in [0.5, 0.6) is 0 Å². The number of hydrogen-bond acceptors (Lipinski definition) is 2. The van der Waals surface area contributed by atoms with Gasteiger partial charge in [-0.1, -0.05) is 26.2 Å². The molecule has 1 aliphatic rings. The fourth-order valence-electron chi connectivity index (χ4n) is 2.06. The lowest BCUT2D eigenvalue weighted by Gasteiger charge is -2.38. The molecule has 1 N–H and O–H groups in total. The molecule has 1 unspecified atom stereocenters. The van der Waals surface area contributed by atoms with E-state index in [-0.39, 0.29) is 5.60 Å². The average Bonchev–Trinajstić information content (AvgIpc) is 2.09. The second-order valence-electron chi connectivity index (χ2n) is 4.95. The highest BCUT2D eigenvalue weighted by atomic mass is 16.5. The van der Waals surface area contributed by atoms with Crippen LogP contribution in [0.3, 0.4) is 0 Å². The van der Waals surface area contributed by atoms with Crippen molar-refractivity contribution in [1.29, 1.82) is 0 Å². The summed E-state index contributed by atoms with van der Waals surface area (Å²) in [7, 11) is 1.81. The topological polar surface area (TPSA) is 21.3 Å². The summed E-state index contributed by atoms with van der Waals surface area (Å²) in [4.78, 5) is 0. The molecule has 14 heavy (non-hydrogen) atoms. The second kappa shape index (κ2) is 5.13. The van der Waals surface area contributed by atoms with Gasteiger partial charge in [-0.05, 0) is 32.7 Å². The highest BCUT2D eigenvalue weighted by molar-refractivity contribution is 4.88. The molecule has 84 valence electrons. The number of rotatable bonds is 6. The molecule has 0 aromatic rings. The predicted molar refractivity (Wildman–Crippen MR) is 60.5 cm³/mol. The molecule has 0 aromatic carbocycles. The third-order valence-corrected chi connectivity index (χ3v) is 3.61. The zero-order chi connectivity index (χ0) is 10.6. The molecule has 1 atom stereocenters. The maximum atomic E-state index is 5.56. The largest absolute Gasteiger partial charge is 0.377 e. The van der Waals surface area contributed by atoms with Gasteiger partial charge in [-0.2, -0.15) is 0 Å². The smallest absolute Gasteiger partial charge is 0.0775 e. The minimum atomic E-state index is -0.0361. The summed E-state index contributed by atoms with van der Waals surface area (Å²) in [6, 6.07) is 0.503. The van der Waals surface area contributed by atoms with Gasteiger partial charge in [0, 0.05) is 13.2 Å². The van der Waals surface area contributed by atoms with Gasteiger partial charge in [0.05, 0.1) is 5.60 Å². The summed E-state index contributed by atoms with van der Waals surface area (Å²) in [6.45, 7) is 7.56. The van der Waals surface area contributed by atoms with E-state index in [4.69, 9.17) is 4.74 Å². The van der Waals surface area contributed by atoms with E-state index in [9.17, 15) is 0 Å². The molecule has 0 aliphatic heterocycles. The molecule has 2 nitrogen and oxygen atoms in total. The molecular formula is C12H25NO. The van der Waals surface area contributed by atoms with Crippen LogP contribution >= 0.6 is 0 Å². The molecular weight excluding hydrogens is 174 g/mol. The third kappa shape index (κ3) is 2.96. The van der Waals surface area contributed by atoms with Crippen molar-refractivity contribution in [2.45, 2.75) is 58.1 Å². The molecule has 1 saturated carbocycles. The first-order chi connectivity index (χ1) is 6.60. The Bertz CT molecular complexity index is 164. The fraction of sp³-hybridized carbons (Fsp3) is 1.00. The third-order valence-electron chi connectivity index (χ3n) is 3.61. The Labute approximate surface area is 88.4 Å². The quantitative estimate of drug-likeness (QED) is 0.710. The lowest BCUT2D eigenvalue weighted by molar-refractivity contribution is -0.0198. The van der Waals surface area contributed by atoms with Gasteiger partial charge in [0.1, 0.15) is 0 Å². The SMILES string of the molecule is CCNC(CC1CCC1)C(C)(C)OC. The van der Waals surface area contributed by atoms with Gasteiger partial charge in [-0.15, -0.1) is 0 Å². The summed E-state index contributed by atoms with van der Waals surface area (Å²) < 4.78 is 5.56. The standard InChI is InChI=1S/C12H25NO/c1-5-13-11(12(2,3)14-4)9-10-7-6-8-10/h10-11,13H,5-9H2,1-4H3. The summed E-state index contributed by atoms with van der Waals surface area (Å²) in [5.74, 6) is 0.938. The Morgan fingerprint density at radius 1 is 1.43 bits per heavy atom. The minimum absolute atomic E-state index is 0.0361. The first-order valence-corrected chi connectivity index (χ1v) is 5.88. The molecule has 1 fully saturated rings. The van der Waals surface area contributed by atoms with Gasteiger partial charge in [0.15, 0.2) is 0 Å². The normalized spacial score (nSPS) is 20.6. The zero-order valence-electron chi connectivity index (χ0n) is 10.1. The number of ether oxygens (including phenoxy) is 1. The van der Waals surface area contributed by atoms with E-state index in [1.165, 1.54) is 25.7 Å². The van der Waals surface area contributed by atoms with Crippen molar-refractivity contribution in [2.75, 3.05) is 13.7 Å². The molecule has 1 aliphatic carbocycles. The maximum absolute atomic E-state index is 5.56. The van der Waals surface area contributed by atoms with E-state index in [0.29, 0.717) is 6.04 Å². The van der Waals surface area contributed by atoms with Crippen molar-refractivity contribution in [3.8, 4) is 0 Å². The van der Waals surface area contributed by atoms with Crippen LogP contribution in [-0.2, 0) is 4.74 Å². The van der Waals surface area contributed by atoms with Crippen LogP contribution in [0.25, 0.3) is 0 Å². The van der Waals surface area contributed by atoms with Gasteiger partial charge >= 0.3 is 0 Å². The van der Waals surface area contributed by atoms with E-state index < -0.39 is 0 Å². The molecule has 0 amide bonds. The Balaban J connectivity index is 2.44. The highest BCUT2D eigenvalue weighted by Gasteiger charge is 2.32. The first kappa shape index (κ1) is 12.0. The summed E-state index contributed by atoms with van der Waals surface area (Å²) in [6.07, 6.45) is 5.54. The van der Waals surface area contributed by atoms with Gasteiger partial charge < -0.3 is 10.1 Å². The van der Waals surface area contributed by atoms with Crippen molar-refractivity contribution < 1.29 is 4.74 Å². The first-order valence-electron chi connectivity index (χ1n) is 5.88. The number of likely N-dealkylation sites (N-methyl/N-ethyl adjacent to an activating group) is 1. The average molecular weight is 199 g/mol. The van der Waals surface area contributed by atoms with Crippen LogP contribution < -0.4 is 5.32 Å². The molecule has 2 heteroatoms. The van der Waals surface area contributed by atoms with Crippen LogP contribution in [0.2, 0.25) is 0 Å². The molecule has 0 bridgehead atoms. The predicted octanol–water partition coefficient (Wildman–Crippen LogP) is 2.58. The minimum Gasteiger partial charge on any atom is -0.377 e. The summed E-state index contributed by atoms with van der Waals surface area (Å²) >= 11 is 0. The van der Waals surface area contributed by atoms with E-state index in [1.54, 1.807) is 0 Å². The molecule has 0 spiro atoms. The monoisotopic (exact) mass is 199 g/mol.